The van der Waals surface area contributed by atoms with Crippen LogP contribution in [-0.2, 0) is 5.41 Å². The van der Waals surface area contributed by atoms with Crippen LogP contribution < -0.4 is 0 Å². The third-order valence-electron chi connectivity index (χ3n) is 9.03. The molecular formula is C37H26Cl2. The van der Waals surface area contributed by atoms with Gasteiger partial charge in [0.15, 0.2) is 0 Å². The Morgan fingerprint density at radius 2 is 1.05 bits per heavy atom. The topological polar surface area (TPSA) is 0 Å². The monoisotopic (exact) mass is 540 g/mol. The minimum atomic E-state index is -0.228. The fraction of sp³-hybridized carbons (Fsp3) is 0.135. The van der Waals surface area contributed by atoms with Gasteiger partial charge in [-0.05, 0) is 111 Å². The number of halogens is 2. The minimum Gasteiger partial charge on any atom is -0.0843 e. The van der Waals surface area contributed by atoms with Crippen molar-refractivity contribution in [3.8, 4) is 33.4 Å². The second kappa shape index (κ2) is 8.71. The van der Waals surface area contributed by atoms with Gasteiger partial charge in [0.25, 0.3) is 0 Å². The van der Waals surface area contributed by atoms with E-state index in [9.17, 15) is 0 Å². The van der Waals surface area contributed by atoms with Gasteiger partial charge in [-0.15, -0.1) is 0 Å². The van der Waals surface area contributed by atoms with Crippen molar-refractivity contribution in [3.05, 3.63) is 147 Å². The van der Waals surface area contributed by atoms with Crippen LogP contribution >= 0.6 is 23.2 Å². The van der Waals surface area contributed by atoms with Gasteiger partial charge >= 0.3 is 0 Å². The molecule has 2 heteroatoms. The molecule has 5 aromatic rings. The van der Waals surface area contributed by atoms with Gasteiger partial charge in [-0.1, -0.05) is 114 Å². The summed E-state index contributed by atoms with van der Waals surface area (Å²) in [7, 11) is 0. The Hall–Kier alpha value is -3.58. The fourth-order valence-corrected chi connectivity index (χ4v) is 8.13. The zero-order valence-electron chi connectivity index (χ0n) is 21.5. The highest BCUT2D eigenvalue weighted by atomic mass is 35.5. The molecule has 0 aromatic heterocycles. The molecule has 0 saturated carbocycles. The van der Waals surface area contributed by atoms with E-state index in [1.165, 1.54) is 57.3 Å². The summed E-state index contributed by atoms with van der Waals surface area (Å²) >= 11 is 12.6. The number of fused-ring (bicyclic) bond motifs is 9. The van der Waals surface area contributed by atoms with Crippen LogP contribution in [0.5, 0.6) is 0 Å². The Kier molecular flexibility index (Phi) is 5.21. The molecule has 0 fully saturated rings. The van der Waals surface area contributed by atoms with E-state index in [1.54, 1.807) is 17.2 Å². The van der Waals surface area contributed by atoms with Crippen molar-refractivity contribution in [1.82, 2.24) is 0 Å². The number of benzene rings is 5. The maximum absolute atomic E-state index is 6.31. The average Bonchev–Trinajstić information content (AvgIpc) is 3.44. The van der Waals surface area contributed by atoms with E-state index < -0.39 is 0 Å². The Balaban J connectivity index is 1.39. The highest BCUT2D eigenvalue weighted by Gasteiger charge is 2.53. The number of rotatable bonds is 2. The van der Waals surface area contributed by atoms with Crippen LogP contribution in [0.2, 0.25) is 10.0 Å². The molecule has 8 rings (SSSR count). The molecule has 0 saturated heterocycles. The summed E-state index contributed by atoms with van der Waals surface area (Å²) in [4.78, 5) is 0. The van der Waals surface area contributed by atoms with Crippen molar-refractivity contribution in [2.24, 2.45) is 0 Å². The van der Waals surface area contributed by atoms with Crippen molar-refractivity contribution < 1.29 is 0 Å². The van der Waals surface area contributed by atoms with Gasteiger partial charge in [-0.2, -0.15) is 0 Å². The summed E-state index contributed by atoms with van der Waals surface area (Å²) in [5.41, 5.74) is 16.2. The fourth-order valence-electron chi connectivity index (χ4n) is 7.61. The third kappa shape index (κ3) is 3.26. The van der Waals surface area contributed by atoms with Gasteiger partial charge in [0.05, 0.1) is 5.41 Å². The molecule has 0 radical (unpaired) electrons. The van der Waals surface area contributed by atoms with E-state index in [0.29, 0.717) is 10.0 Å². The standard InChI is InChI=1S/C37H26Cl2/c38-26-20-25(21-27(39)22-26)23-16-18-24(19-17-23)28-11-7-12-32-31-10-3-6-15-35(31)37(36(28)32)33-13-4-1-8-29(33)30-9-2-5-14-34(30)37/h1-2,4-5,7-9,11-14,16-22H,3,6,10,15H2. The minimum absolute atomic E-state index is 0.228. The van der Waals surface area contributed by atoms with Gasteiger partial charge in [0.2, 0.25) is 0 Å². The molecular weight excluding hydrogens is 515 g/mol. The summed E-state index contributed by atoms with van der Waals surface area (Å²) in [6.07, 6.45) is 4.83. The average molecular weight is 542 g/mol. The van der Waals surface area contributed by atoms with E-state index in [-0.39, 0.29) is 5.41 Å². The summed E-state index contributed by atoms with van der Waals surface area (Å²) in [5, 5.41) is 1.30. The van der Waals surface area contributed by atoms with Gasteiger partial charge < -0.3 is 0 Å². The van der Waals surface area contributed by atoms with E-state index in [2.05, 4.69) is 91.0 Å². The maximum atomic E-state index is 6.31. The first kappa shape index (κ1) is 23.3. The number of hydrogen-bond donors (Lipinski definition) is 0. The first-order chi connectivity index (χ1) is 19.2. The Morgan fingerprint density at radius 1 is 0.487 bits per heavy atom. The summed E-state index contributed by atoms with van der Waals surface area (Å²) < 4.78 is 0. The first-order valence-corrected chi connectivity index (χ1v) is 14.5. The summed E-state index contributed by atoms with van der Waals surface area (Å²) in [6, 6.07) is 39.8. The first-order valence-electron chi connectivity index (χ1n) is 13.8. The SMILES string of the molecule is Clc1cc(Cl)cc(-c2ccc(-c3cccc4c3C3(C5=C4CCCC5)c4ccccc4-c4ccccc43)cc2)c1. The summed E-state index contributed by atoms with van der Waals surface area (Å²) in [6.45, 7) is 0. The van der Waals surface area contributed by atoms with E-state index in [0.717, 1.165) is 24.0 Å². The van der Waals surface area contributed by atoms with Crippen molar-refractivity contribution in [3.63, 3.8) is 0 Å². The van der Waals surface area contributed by atoms with Crippen molar-refractivity contribution in [2.75, 3.05) is 0 Å². The lowest BCUT2D eigenvalue weighted by atomic mass is 9.66. The number of allylic oxidation sites excluding steroid dienone is 2. The molecule has 0 nitrogen and oxygen atoms in total. The van der Waals surface area contributed by atoms with Crippen LogP contribution in [0.3, 0.4) is 0 Å². The molecule has 0 amide bonds. The van der Waals surface area contributed by atoms with E-state index >= 15 is 0 Å². The smallest absolute Gasteiger partial charge is 0.0691 e. The molecule has 3 aliphatic rings. The normalized spacial score (nSPS) is 16.2. The lowest BCUT2D eigenvalue weighted by molar-refractivity contribution is 0.642. The van der Waals surface area contributed by atoms with Crippen molar-refractivity contribution in [2.45, 2.75) is 31.1 Å². The van der Waals surface area contributed by atoms with E-state index in [4.69, 9.17) is 23.2 Å². The molecule has 0 unspecified atom stereocenters. The molecule has 0 atom stereocenters. The zero-order valence-corrected chi connectivity index (χ0v) is 23.0. The zero-order chi connectivity index (χ0) is 26.1. The van der Waals surface area contributed by atoms with Gasteiger partial charge in [0.1, 0.15) is 0 Å². The summed E-state index contributed by atoms with van der Waals surface area (Å²) in [5.74, 6) is 0. The highest BCUT2D eigenvalue weighted by Crippen LogP contribution is 2.65. The van der Waals surface area contributed by atoms with Crippen LogP contribution in [-0.4, -0.2) is 0 Å². The molecule has 0 aliphatic heterocycles. The number of hydrogen-bond acceptors (Lipinski definition) is 0. The Bertz CT molecular complexity index is 1760. The van der Waals surface area contributed by atoms with Gasteiger partial charge in [0, 0.05) is 10.0 Å². The molecule has 5 aromatic carbocycles. The molecule has 39 heavy (non-hydrogen) atoms. The molecule has 0 heterocycles. The predicted molar refractivity (Wildman–Crippen MR) is 164 cm³/mol. The molecule has 0 N–H and O–H groups in total. The molecule has 0 bridgehead atoms. The van der Waals surface area contributed by atoms with Crippen LogP contribution in [0.15, 0.2) is 115 Å². The maximum Gasteiger partial charge on any atom is 0.0691 e. The Morgan fingerprint density at radius 3 is 1.74 bits per heavy atom. The van der Waals surface area contributed by atoms with Crippen molar-refractivity contribution >= 4 is 28.8 Å². The second-order valence-corrected chi connectivity index (χ2v) is 11.8. The lowest BCUT2D eigenvalue weighted by Gasteiger charge is -2.35. The lowest BCUT2D eigenvalue weighted by Crippen LogP contribution is -2.28. The quantitative estimate of drug-likeness (QED) is 0.209. The van der Waals surface area contributed by atoms with Gasteiger partial charge in [-0.3, -0.25) is 0 Å². The van der Waals surface area contributed by atoms with E-state index in [1.807, 2.05) is 12.1 Å². The highest BCUT2D eigenvalue weighted by molar-refractivity contribution is 6.35. The Labute approximate surface area is 239 Å². The van der Waals surface area contributed by atoms with Crippen LogP contribution in [0, 0.1) is 0 Å². The van der Waals surface area contributed by atoms with Crippen molar-refractivity contribution in [1.29, 1.82) is 0 Å². The van der Waals surface area contributed by atoms with Gasteiger partial charge in [-0.25, -0.2) is 0 Å². The van der Waals surface area contributed by atoms with Crippen LogP contribution in [0.25, 0.3) is 39.0 Å². The molecule has 1 spiro atoms. The molecule has 3 aliphatic carbocycles. The largest absolute Gasteiger partial charge is 0.0843 e. The molecule has 188 valence electrons. The third-order valence-corrected chi connectivity index (χ3v) is 9.47. The van der Waals surface area contributed by atoms with Crippen LogP contribution in [0.4, 0.5) is 0 Å². The van der Waals surface area contributed by atoms with Crippen LogP contribution in [0.1, 0.15) is 47.9 Å². The second-order valence-electron chi connectivity index (χ2n) is 11.0. The predicted octanol–water partition coefficient (Wildman–Crippen LogP) is 11.0.